The Labute approximate surface area is 92.6 Å². The van der Waals surface area contributed by atoms with Gasteiger partial charge < -0.3 is 4.43 Å². The predicted molar refractivity (Wildman–Crippen MR) is 65.5 cm³/mol. The van der Waals surface area contributed by atoms with E-state index in [-0.39, 0.29) is 6.10 Å². The van der Waals surface area contributed by atoms with Crippen molar-refractivity contribution < 1.29 is 4.43 Å². The second kappa shape index (κ2) is 3.84. The van der Waals surface area contributed by atoms with E-state index in [2.05, 4.69) is 38.0 Å². The van der Waals surface area contributed by atoms with Crippen LogP contribution in [0, 0.1) is 12.3 Å². The van der Waals surface area contributed by atoms with E-state index in [0.29, 0.717) is 0 Å². The molecule has 2 heteroatoms. The number of rotatable bonds is 2. The van der Waals surface area contributed by atoms with Gasteiger partial charge in [-0.2, -0.15) is 0 Å². The molecule has 1 nitrogen and oxygen atoms in total. The molecular weight excluding hydrogens is 200 g/mol. The van der Waals surface area contributed by atoms with Crippen LogP contribution in [-0.4, -0.2) is 8.32 Å². The van der Waals surface area contributed by atoms with Gasteiger partial charge in [-0.3, -0.25) is 0 Å². The standard InChI is InChI=1S/C13H16OSi/c1-4-12-11-9-7-8-10-13(11)15(5-2,6-3)14-12/h1,7-10,12H,5-6H2,2-3H3. The molecule has 0 bridgehead atoms. The molecule has 0 saturated carbocycles. The van der Waals surface area contributed by atoms with Crippen LogP contribution in [-0.2, 0) is 4.43 Å². The van der Waals surface area contributed by atoms with Crippen LogP contribution >= 0.6 is 0 Å². The van der Waals surface area contributed by atoms with Crippen LogP contribution in [0.25, 0.3) is 0 Å². The van der Waals surface area contributed by atoms with Gasteiger partial charge in [0.05, 0.1) is 0 Å². The van der Waals surface area contributed by atoms with Gasteiger partial charge in [-0.05, 0) is 22.8 Å². The van der Waals surface area contributed by atoms with E-state index in [1.54, 1.807) is 0 Å². The first-order chi connectivity index (χ1) is 7.27. The predicted octanol–water partition coefficient (Wildman–Crippen LogP) is 2.58. The van der Waals surface area contributed by atoms with Crippen molar-refractivity contribution >= 4 is 13.5 Å². The average molecular weight is 216 g/mol. The van der Waals surface area contributed by atoms with Crippen LogP contribution in [0.3, 0.4) is 0 Å². The van der Waals surface area contributed by atoms with Crippen molar-refractivity contribution in [2.75, 3.05) is 0 Å². The highest BCUT2D eigenvalue weighted by Gasteiger charge is 2.44. The number of fused-ring (bicyclic) bond motifs is 1. The van der Waals surface area contributed by atoms with Gasteiger partial charge in [-0.1, -0.05) is 44.0 Å². The lowest BCUT2D eigenvalue weighted by atomic mass is 10.1. The fraction of sp³-hybridized carbons (Fsp3) is 0.385. The Balaban J connectivity index is 2.55. The van der Waals surface area contributed by atoms with Gasteiger partial charge in [-0.15, -0.1) is 6.42 Å². The lowest BCUT2D eigenvalue weighted by molar-refractivity contribution is 0.271. The highest BCUT2D eigenvalue weighted by molar-refractivity contribution is 6.87. The molecule has 0 spiro atoms. The highest BCUT2D eigenvalue weighted by atomic mass is 28.4. The van der Waals surface area contributed by atoms with Crippen molar-refractivity contribution in [3.8, 4) is 12.3 Å². The Hall–Kier alpha value is -1.04. The summed E-state index contributed by atoms with van der Waals surface area (Å²) in [5.41, 5.74) is 1.23. The third kappa shape index (κ3) is 1.43. The third-order valence-corrected chi connectivity index (χ3v) is 7.78. The van der Waals surface area contributed by atoms with E-state index in [0.717, 1.165) is 12.1 Å². The summed E-state index contributed by atoms with van der Waals surface area (Å²) >= 11 is 0. The third-order valence-electron chi connectivity index (χ3n) is 3.37. The Morgan fingerprint density at radius 1 is 1.33 bits per heavy atom. The molecule has 0 amide bonds. The lowest BCUT2D eigenvalue weighted by Crippen LogP contribution is -2.45. The topological polar surface area (TPSA) is 9.23 Å². The van der Waals surface area contributed by atoms with Crippen molar-refractivity contribution in [2.24, 2.45) is 0 Å². The van der Waals surface area contributed by atoms with E-state index >= 15 is 0 Å². The number of benzene rings is 1. The Kier molecular flexibility index (Phi) is 2.68. The SMILES string of the molecule is C#CC1O[Si](CC)(CC)c2ccccc21. The van der Waals surface area contributed by atoms with E-state index in [4.69, 9.17) is 10.8 Å². The summed E-state index contributed by atoms with van der Waals surface area (Å²) < 4.78 is 6.17. The van der Waals surface area contributed by atoms with Crippen molar-refractivity contribution in [3.63, 3.8) is 0 Å². The van der Waals surface area contributed by atoms with Crippen molar-refractivity contribution in [1.29, 1.82) is 0 Å². The molecule has 15 heavy (non-hydrogen) atoms. The molecular formula is C13H16OSi. The Morgan fingerprint density at radius 2 is 2.00 bits per heavy atom. The molecule has 78 valence electrons. The molecule has 0 saturated heterocycles. The Morgan fingerprint density at radius 3 is 2.60 bits per heavy atom. The molecule has 0 N–H and O–H groups in total. The van der Waals surface area contributed by atoms with Crippen LogP contribution in [0.5, 0.6) is 0 Å². The van der Waals surface area contributed by atoms with Gasteiger partial charge in [0.15, 0.2) is 0 Å². The largest absolute Gasteiger partial charge is 0.395 e. The van der Waals surface area contributed by atoms with Gasteiger partial charge in [0, 0.05) is 0 Å². The monoisotopic (exact) mass is 216 g/mol. The molecule has 0 aliphatic carbocycles. The zero-order valence-electron chi connectivity index (χ0n) is 9.29. The highest BCUT2D eigenvalue weighted by Crippen LogP contribution is 2.33. The number of terminal acetylenes is 1. The molecule has 0 radical (unpaired) electrons. The molecule has 0 fully saturated rings. The summed E-state index contributed by atoms with van der Waals surface area (Å²) in [6, 6.07) is 10.7. The van der Waals surface area contributed by atoms with Gasteiger partial charge in [0.2, 0.25) is 8.32 Å². The summed E-state index contributed by atoms with van der Waals surface area (Å²) in [4.78, 5) is 0. The van der Waals surface area contributed by atoms with Crippen LogP contribution in [0.2, 0.25) is 12.1 Å². The first-order valence-corrected chi connectivity index (χ1v) is 7.83. The Bertz CT molecular complexity index is 401. The fourth-order valence-electron chi connectivity index (χ4n) is 2.41. The zero-order chi connectivity index (χ0) is 10.9. The van der Waals surface area contributed by atoms with Gasteiger partial charge in [0.25, 0.3) is 0 Å². The minimum absolute atomic E-state index is 0.104. The lowest BCUT2D eigenvalue weighted by Gasteiger charge is -2.23. The quantitative estimate of drug-likeness (QED) is 0.545. The van der Waals surface area contributed by atoms with Gasteiger partial charge in [-0.25, -0.2) is 0 Å². The summed E-state index contributed by atoms with van der Waals surface area (Å²) in [6.45, 7) is 4.43. The normalized spacial score (nSPS) is 22.1. The molecule has 0 aromatic heterocycles. The van der Waals surface area contributed by atoms with Crippen LogP contribution in [0.15, 0.2) is 24.3 Å². The maximum Gasteiger partial charge on any atom is 0.226 e. The number of hydrogen-bond donors (Lipinski definition) is 0. The van der Waals surface area contributed by atoms with Crippen LogP contribution < -0.4 is 5.19 Å². The first-order valence-electron chi connectivity index (χ1n) is 5.50. The molecule has 1 aliphatic rings. The van der Waals surface area contributed by atoms with Crippen molar-refractivity contribution in [2.45, 2.75) is 32.0 Å². The maximum atomic E-state index is 6.17. The van der Waals surface area contributed by atoms with Gasteiger partial charge in [0.1, 0.15) is 6.10 Å². The summed E-state index contributed by atoms with van der Waals surface area (Å²) in [6.07, 6.45) is 5.42. The molecule has 1 atom stereocenters. The molecule has 1 unspecified atom stereocenters. The summed E-state index contributed by atoms with van der Waals surface area (Å²) in [7, 11) is -1.73. The number of hydrogen-bond acceptors (Lipinski definition) is 1. The summed E-state index contributed by atoms with van der Waals surface area (Å²) in [5, 5.41) is 1.41. The second-order valence-electron chi connectivity index (χ2n) is 3.95. The fourth-order valence-corrected chi connectivity index (χ4v) is 5.92. The van der Waals surface area contributed by atoms with E-state index in [1.807, 2.05) is 6.07 Å². The van der Waals surface area contributed by atoms with E-state index in [9.17, 15) is 0 Å². The molecule has 1 aromatic carbocycles. The second-order valence-corrected chi connectivity index (χ2v) is 8.13. The minimum atomic E-state index is -1.73. The molecule has 1 aromatic rings. The van der Waals surface area contributed by atoms with Gasteiger partial charge >= 0.3 is 0 Å². The van der Waals surface area contributed by atoms with Crippen LogP contribution in [0.1, 0.15) is 25.5 Å². The van der Waals surface area contributed by atoms with Crippen molar-refractivity contribution in [1.82, 2.24) is 0 Å². The molecule has 1 heterocycles. The van der Waals surface area contributed by atoms with E-state index < -0.39 is 8.32 Å². The smallest absolute Gasteiger partial charge is 0.226 e. The van der Waals surface area contributed by atoms with E-state index in [1.165, 1.54) is 10.8 Å². The average Bonchev–Trinajstić information content (AvgIpc) is 2.64. The molecule has 2 rings (SSSR count). The molecule has 1 aliphatic heterocycles. The maximum absolute atomic E-state index is 6.17. The van der Waals surface area contributed by atoms with Crippen molar-refractivity contribution in [3.05, 3.63) is 29.8 Å². The minimum Gasteiger partial charge on any atom is -0.395 e. The van der Waals surface area contributed by atoms with Crippen LogP contribution in [0.4, 0.5) is 0 Å². The zero-order valence-corrected chi connectivity index (χ0v) is 10.3. The first kappa shape index (κ1) is 10.5. The summed E-state index contributed by atoms with van der Waals surface area (Å²) in [5.74, 6) is 2.76.